The molecule has 0 saturated carbocycles. The third-order valence-corrected chi connectivity index (χ3v) is 2.57. The van der Waals surface area contributed by atoms with Gasteiger partial charge in [0.25, 0.3) is 0 Å². The van der Waals surface area contributed by atoms with Gasteiger partial charge in [-0.1, -0.05) is 6.07 Å². The predicted molar refractivity (Wildman–Crippen MR) is 71.5 cm³/mol. The van der Waals surface area contributed by atoms with Gasteiger partial charge in [-0.3, -0.25) is 0 Å². The van der Waals surface area contributed by atoms with E-state index in [1.165, 1.54) is 12.3 Å². The van der Waals surface area contributed by atoms with Crippen molar-refractivity contribution in [3.05, 3.63) is 47.4 Å². The number of urea groups is 1. The number of aryl methyl sites for hydroxylation is 1. The highest BCUT2D eigenvalue weighted by atomic mass is 16.4. The summed E-state index contributed by atoms with van der Waals surface area (Å²) in [5.41, 5.74) is 0.657. The molecule has 2 heterocycles. The number of carboxylic acid groups (broad SMARTS) is 1. The van der Waals surface area contributed by atoms with E-state index >= 15 is 0 Å². The van der Waals surface area contributed by atoms with E-state index in [-0.39, 0.29) is 24.8 Å². The molecule has 8 nitrogen and oxygen atoms in total. The highest BCUT2D eigenvalue weighted by Gasteiger charge is 2.06. The van der Waals surface area contributed by atoms with Crippen molar-refractivity contribution in [2.75, 3.05) is 0 Å². The first kappa shape index (κ1) is 14.5. The first-order valence-corrected chi connectivity index (χ1v) is 6.16. The summed E-state index contributed by atoms with van der Waals surface area (Å²) in [5.74, 6) is 0.0143. The van der Waals surface area contributed by atoms with Gasteiger partial charge in [-0.05, 0) is 18.6 Å². The van der Waals surface area contributed by atoms with Gasteiger partial charge in [0.15, 0.2) is 0 Å². The van der Waals surface area contributed by atoms with Crippen LogP contribution < -0.4 is 10.6 Å². The number of hydrogen-bond acceptors (Lipinski definition) is 5. The van der Waals surface area contributed by atoms with Crippen molar-refractivity contribution in [3.63, 3.8) is 0 Å². The van der Waals surface area contributed by atoms with Crippen molar-refractivity contribution in [2.24, 2.45) is 0 Å². The van der Waals surface area contributed by atoms with Crippen LogP contribution in [-0.2, 0) is 13.1 Å². The molecule has 0 atom stereocenters. The standard InChI is InChI=1S/C13H14N4O4/c1-8-4-15-11(21-8)7-17-13(20)16-6-9-2-3-10(12(18)19)14-5-9/h2-5H,6-7H2,1H3,(H,18,19)(H2,16,17,20). The Morgan fingerprint density at radius 1 is 1.19 bits per heavy atom. The van der Waals surface area contributed by atoms with E-state index in [9.17, 15) is 9.59 Å². The third kappa shape index (κ3) is 4.30. The average molecular weight is 290 g/mol. The summed E-state index contributed by atoms with van der Waals surface area (Å²) >= 11 is 0. The molecule has 2 aromatic heterocycles. The van der Waals surface area contributed by atoms with Crippen molar-refractivity contribution < 1.29 is 19.1 Å². The number of carbonyl (C=O) groups is 2. The van der Waals surface area contributed by atoms with Crippen LogP contribution in [0, 0.1) is 6.92 Å². The lowest BCUT2D eigenvalue weighted by Crippen LogP contribution is -2.34. The molecule has 3 N–H and O–H groups in total. The summed E-state index contributed by atoms with van der Waals surface area (Å²) in [4.78, 5) is 29.9. The summed E-state index contributed by atoms with van der Waals surface area (Å²) in [6.07, 6.45) is 2.98. The van der Waals surface area contributed by atoms with Gasteiger partial charge in [-0.25, -0.2) is 19.6 Å². The Morgan fingerprint density at radius 3 is 2.52 bits per heavy atom. The minimum atomic E-state index is -1.09. The van der Waals surface area contributed by atoms with Crippen LogP contribution in [0.1, 0.15) is 27.7 Å². The molecule has 21 heavy (non-hydrogen) atoms. The smallest absolute Gasteiger partial charge is 0.354 e. The molecule has 8 heteroatoms. The molecule has 2 rings (SSSR count). The molecule has 0 unspecified atom stereocenters. The van der Waals surface area contributed by atoms with E-state index in [0.717, 1.165) is 0 Å². The number of hydrogen-bond donors (Lipinski definition) is 3. The second kappa shape index (κ2) is 6.51. The number of nitrogens with one attached hydrogen (secondary N) is 2. The second-order valence-electron chi connectivity index (χ2n) is 4.26. The summed E-state index contributed by atoms with van der Waals surface area (Å²) < 4.78 is 5.21. The zero-order valence-electron chi connectivity index (χ0n) is 11.3. The van der Waals surface area contributed by atoms with Crippen molar-refractivity contribution in [2.45, 2.75) is 20.0 Å². The Morgan fingerprint density at radius 2 is 1.95 bits per heavy atom. The highest BCUT2D eigenvalue weighted by Crippen LogP contribution is 2.01. The number of carbonyl (C=O) groups excluding carboxylic acids is 1. The van der Waals surface area contributed by atoms with E-state index in [2.05, 4.69) is 20.6 Å². The van der Waals surface area contributed by atoms with Gasteiger partial charge in [-0.15, -0.1) is 0 Å². The van der Waals surface area contributed by atoms with Crippen LogP contribution in [0.15, 0.2) is 28.9 Å². The van der Waals surface area contributed by atoms with E-state index < -0.39 is 5.97 Å². The predicted octanol–water partition coefficient (Wildman–Crippen LogP) is 1.08. The van der Waals surface area contributed by atoms with E-state index in [0.29, 0.717) is 17.2 Å². The van der Waals surface area contributed by atoms with E-state index in [4.69, 9.17) is 9.52 Å². The van der Waals surface area contributed by atoms with Crippen LogP contribution in [0.3, 0.4) is 0 Å². The maximum atomic E-state index is 11.6. The van der Waals surface area contributed by atoms with Crippen molar-refractivity contribution in [1.82, 2.24) is 20.6 Å². The fraction of sp³-hybridized carbons (Fsp3) is 0.231. The minimum Gasteiger partial charge on any atom is -0.477 e. The fourth-order valence-corrected chi connectivity index (χ4v) is 1.54. The first-order valence-electron chi connectivity index (χ1n) is 6.16. The molecule has 0 radical (unpaired) electrons. The highest BCUT2D eigenvalue weighted by molar-refractivity contribution is 5.85. The SMILES string of the molecule is Cc1cnc(CNC(=O)NCc2ccc(C(=O)O)nc2)o1. The number of aromatic nitrogens is 2. The zero-order valence-corrected chi connectivity index (χ0v) is 11.3. The summed E-state index contributed by atoms with van der Waals surface area (Å²) in [6.45, 7) is 2.20. The Bertz CT molecular complexity index is 636. The number of rotatable bonds is 5. The average Bonchev–Trinajstić information content (AvgIpc) is 2.89. The Labute approximate surface area is 120 Å². The first-order chi connectivity index (χ1) is 10.0. The Hall–Kier alpha value is -2.90. The van der Waals surface area contributed by atoms with Gasteiger partial charge in [0.2, 0.25) is 5.89 Å². The second-order valence-corrected chi connectivity index (χ2v) is 4.26. The van der Waals surface area contributed by atoms with Crippen molar-refractivity contribution in [3.8, 4) is 0 Å². The van der Waals surface area contributed by atoms with Crippen molar-refractivity contribution >= 4 is 12.0 Å². The third-order valence-electron chi connectivity index (χ3n) is 2.57. The number of amides is 2. The van der Waals surface area contributed by atoms with Gasteiger partial charge in [-0.2, -0.15) is 0 Å². The topological polar surface area (TPSA) is 117 Å². The zero-order chi connectivity index (χ0) is 15.2. The van der Waals surface area contributed by atoms with E-state index in [1.807, 2.05) is 0 Å². The lowest BCUT2D eigenvalue weighted by molar-refractivity contribution is 0.0690. The molecule has 0 saturated heterocycles. The Balaban J connectivity index is 1.77. The van der Waals surface area contributed by atoms with Crippen LogP contribution in [0.2, 0.25) is 0 Å². The van der Waals surface area contributed by atoms with Crippen LogP contribution in [0.4, 0.5) is 4.79 Å². The minimum absolute atomic E-state index is 0.0394. The van der Waals surface area contributed by atoms with Gasteiger partial charge in [0.05, 0.1) is 12.7 Å². The monoisotopic (exact) mass is 290 g/mol. The van der Waals surface area contributed by atoms with Crippen LogP contribution >= 0.6 is 0 Å². The van der Waals surface area contributed by atoms with Gasteiger partial charge < -0.3 is 20.2 Å². The quantitative estimate of drug-likeness (QED) is 0.758. The number of oxazole rings is 1. The molecule has 0 aliphatic carbocycles. The van der Waals surface area contributed by atoms with Crippen LogP contribution in [0.5, 0.6) is 0 Å². The molecule has 2 aromatic rings. The van der Waals surface area contributed by atoms with Gasteiger partial charge >= 0.3 is 12.0 Å². The number of carboxylic acids is 1. The lowest BCUT2D eigenvalue weighted by atomic mass is 10.2. The Kier molecular flexibility index (Phi) is 4.50. The van der Waals surface area contributed by atoms with Crippen molar-refractivity contribution in [1.29, 1.82) is 0 Å². The summed E-state index contributed by atoms with van der Waals surface area (Å²) in [6, 6.07) is 2.59. The van der Waals surface area contributed by atoms with Gasteiger partial charge in [0, 0.05) is 12.7 Å². The molecule has 2 amide bonds. The van der Waals surface area contributed by atoms with Crippen LogP contribution in [-0.4, -0.2) is 27.1 Å². The molecular weight excluding hydrogens is 276 g/mol. The molecule has 0 aliphatic heterocycles. The van der Waals surface area contributed by atoms with E-state index in [1.54, 1.807) is 19.2 Å². The molecule has 0 bridgehead atoms. The summed E-state index contributed by atoms with van der Waals surface area (Å²) in [5, 5.41) is 13.9. The maximum absolute atomic E-state index is 11.6. The normalized spacial score (nSPS) is 10.1. The summed E-state index contributed by atoms with van der Waals surface area (Å²) in [7, 11) is 0. The number of pyridine rings is 1. The molecule has 0 fully saturated rings. The number of aromatic carboxylic acids is 1. The molecule has 0 spiro atoms. The maximum Gasteiger partial charge on any atom is 0.354 e. The fourth-order valence-electron chi connectivity index (χ4n) is 1.54. The molecule has 0 aromatic carbocycles. The van der Waals surface area contributed by atoms with Gasteiger partial charge in [0.1, 0.15) is 11.5 Å². The lowest BCUT2D eigenvalue weighted by Gasteiger charge is -2.06. The largest absolute Gasteiger partial charge is 0.477 e. The molecular formula is C13H14N4O4. The molecule has 0 aliphatic rings. The number of nitrogens with zero attached hydrogens (tertiary/aromatic N) is 2. The van der Waals surface area contributed by atoms with Crippen LogP contribution in [0.25, 0.3) is 0 Å². The molecule has 110 valence electrons.